The zero-order valence-corrected chi connectivity index (χ0v) is 14.3. The van der Waals surface area contributed by atoms with Crippen molar-refractivity contribution >= 4 is 21.6 Å². The fourth-order valence-electron chi connectivity index (χ4n) is 2.66. The van der Waals surface area contributed by atoms with Crippen LogP contribution in [0.3, 0.4) is 0 Å². The zero-order chi connectivity index (χ0) is 17.3. The predicted octanol–water partition coefficient (Wildman–Crippen LogP) is 1.69. The Kier molecular flexibility index (Phi) is 4.29. The van der Waals surface area contributed by atoms with E-state index in [0.717, 1.165) is 16.8 Å². The fraction of sp³-hybridized carbons (Fsp3) is 0.235. The van der Waals surface area contributed by atoms with Crippen molar-refractivity contribution < 1.29 is 17.9 Å². The van der Waals surface area contributed by atoms with Crippen LogP contribution in [0.25, 0.3) is 0 Å². The van der Waals surface area contributed by atoms with Gasteiger partial charge in [-0.2, -0.15) is 0 Å². The Labute approximate surface area is 141 Å². The molecule has 1 aliphatic heterocycles. The highest BCUT2D eigenvalue weighted by Crippen LogP contribution is 2.29. The first kappa shape index (κ1) is 16.5. The van der Waals surface area contributed by atoms with Crippen LogP contribution < -0.4 is 14.4 Å². The molecule has 2 aromatic rings. The maximum Gasteiger partial charge on any atom is 0.240 e. The van der Waals surface area contributed by atoms with E-state index in [-0.39, 0.29) is 23.8 Å². The van der Waals surface area contributed by atoms with Crippen molar-refractivity contribution in [1.29, 1.82) is 0 Å². The number of benzene rings is 2. The zero-order valence-electron chi connectivity index (χ0n) is 13.4. The van der Waals surface area contributed by atoms with Crippen molar-refractivity contribution in [2.75, 3.05) is 19.1 Å². The summed E-state index contributed by atoms with van der Waals surface area (Å²) in [5, 5.41) is 0. The van der Waals surface area contributed by atoms with Gasteiger partial charge < -0.3 is 9.64 Å². The maximum absolute atomic E-state index is 12.5. The molecule has 0 saturated carbocycles. The van der Waals surface area contributed by atoms with Gasteiger partial charge in [0.15, 0.2) is 0 Å². The van der Waals surface area contributed by atoms with Gasteiger partial charge in [0.05, 0.1) is 18.4 Å². The van der Waals surface area contributed by atoms with E-state index in [1.165, 1.54) is 11.0 Å². The number of amides is 1. The molecule has 0 spiro atoms. The highest BCUT2D eigenvalue weighted by molar-refractivity contribution is 7.89. The monoisotopic (exact) mass is 346 g/mol. The summed E-state index contributed by atoms with van der Waals surface area (Å²) in [5.74, 6) is 0.634. The van der Waals surface area contributed by atoms with Gasteiger partial charge in [-0.3, -0.25) is 4.79 Å². The van der Waals surface area contributed by atoms with Crippen LogP contribution in [0.1, 0.15) is 11.1 Å². The van der Waals surface area contributed by atoms with Crippen molar-refractivity contribution in [3.05, 3.63) is 53.6 Å². The van der Waals surface area contributed by atoms with Gasteiger partial charge in [-0.1, -0.05) is 12.1 Å². The Balaban J connectivity index is 1.79. The van der Waals surface area contributed by atoms with Crippen molar-refractivity contribution in [3.63, 3.8) is 0 Å². The lowest BCUT2D eigenvalue weighted by atomic mass is 10.2. The van der Waals surface area contributed by atoms with Gasteiger partial charge in [0.2, 0.25) is 15.9 Å². The van der Waals surface area contributed by atoms with Gasteiger partial charge in [0, 0.05) is 19.3 Å². The molecule has 3 rings (SSSR count). The molecule has 0 aromatic heterocycles. The third-order valence-corrected chi connectivity index (χ3v) is 5.44. The molecular formula is C17H18N2O4S. The summed E-state index contributed by atoms with van der Waals surface area (Å²) in [6, 6.07) is 11.9. The predicted molar refractivity (Wildman–Crippen MR) is 90.6 cm³/mol. The van der Waals surface area contributed by atoms with E-state index < -0.39 is 10.0 Å². The second kappa shape index (κ2) is 6.26. The minimum atomic E-state index is -3.66. The van der Waals surface area contributed by atoms with Gasteiger partial charge in [0.1, 0.15) is 5.75 Å². The van der Waals surface area contributed by atoms with Crippen LogP contribution in [-0.4, -0.2) is 28.5 Å². The number of anilines is 1. The molecule has 0 fully saturated rings. The average Bonchev–Trinajstić information content (AvgIpc) is 2.87. The van der Waals surface area contributed by atoms with E-state index in [0.29, 0.717) is 5.75 Å². The van der Waals surface area contributed by atoms with Crippen LogP contribution in [0.15, 0.2) is 47.4 Å². The molecule has 0 radical (unpaired) electrons. The van der Waals surface area contributed by atoms with Gasteiger partial charge in [-0.05, 0) is 41.5 Å². The molecule has 7 heteroatoms. The molecular weight excluding hydrogens is 328 g/mol. The molecule has 0 unspecified atom stereocenters. The van der Waals surface area contributed by atoms with Gasteiger partial charge in [-0.25, -0.2) is 13.1 Å². The molecule has 24 heavy (non-hydrogen) atoms. The average molecular weight is 346 g/mol. The molecule has 6 nitrogen and oxygen atoms in total. The SMILES string of the molecule is COc1cccc(CNS(=O)(=O)c2ccc3c(c2)CC(=O)N3C)c1. The Morgan fingerprint density at radius 2 is 2.00 bits per heavy atom. The Bertz CT molecular complexity index is 893. The lowest BCUT2D eigenvalue weighted by Gasteiger charge is -2.11. The maximum atomic E-state index is 12.5. The Hall–Kier alpha value is -2.38. The van der Waals surface area contributed by atoms with E-state index in [4.69, 9.17) is 4.74 Å². The number of methoxy groups -OCH3 is 1. The summed E-state index contributed by atoms with van der Waals surface area (Å²) < 4.78 is 32.7. The number of rotatable bonds is 5. The van der Waals surface area contributed by atoms with Crippen LogP contribution in [-0.2, 0) is 27.8 Å². The highest BCUT2D eigenvalue weighted by atomic mass is 32.2. The van der Waals surface area contributed by atoms with Crippen LogP contribution >= 0.6 is 0 Å². The van der Waals surface area contributed by atoms with Crippen molar-refractivity contribution in [2.45, 2.75) is 17.9 Å². The van der Waals surface area contributed by atoms with E-state index in [2.05, 4.69) is 4.72 Å². The Morgan fingerprint density at radius 3 is 2.75 bits per heavy atom. The molecule has 0 aliphatic carbocycles. The summed E-state index contributed by atoms with van der Waals surface area (Å²) in [4.78, 5) is 13.4. The minimum Gasteiger partial charge on any atom is -0.497 e. The van der Waals surface area contributed by atoms with Crippen molar-refractivity contribution in [2.24, 2.45) is 0 Å². The molecule has 1 aliphatic rings. The van der Waals surface area contributed by atoms with Crippen molar-refractivity contribution in [3.8, 4) is 5.75 Å². The second-order valence-corrected chi connectivity index (χ2v) is 7.36. The van der Waals surface area contributed by atoms with E-state index in [9.17, 15) is 13.2 Å². The summed E-state index contributed by atoms with van der Waals surface area (Å²) >= 11 is 0. The number of likely N-dealkylation sites (N-methyl/N-ethyl adjacent to an activating group) is 1. The van der Waals surface area contributed by atoms with Gasteiger partial charge in [-0.15, -0.1) is 0 Å². The first-order valence-electron chi connectivity index (χ1n) is 7.43. The molecule has 2 aromatic carbocycles. The van der Waals surface area contributed by atoms with Crippen LogP contribution in [0.5, 0.6) is 5.75 Å². The fourth-order valence-corrected chi connectivity index (χ4v) is 3.73. The third-order valence-electron chi connectivity index (χ3n) is 4.04. The molecule has 0 bridgehead atoms. The normalized spacial score (nSPS) is 13.9. The van der Waals surface area contributed by atoms with E-state index >= 15 is 0 Å². The molecule has 1 amide bonds. The molecule has 0 saturated heterocycles. The number of hydrogen-bond donors (Lipinski definition) is 1. The van der Waals surface area contributed by atoms with Crippen molar-refractivity contribution in [1.82, 2.24) is 4.72 Å². The number of carbonyl (C=O) groups is 1. The van der Waals surface area contributed by atoms with Gasteiger partial charge >= 0.3 is 0 Å². The minimum absolute atomic E-state index is 0.0381. The standard InChI is InChI=1S/C17H18N2O4S/c1-19-16-7-6-15(9-13(16)10-17(19)20)24(21,22)18-11-12-4-3-5-14(8-12)23-2/h3-9,18H,10-11H2,1-2H3. The topological polar surface area (TPSA) is 75.7 Å². The van der Waals surface area contributed by atoms with Crippen LogP contribution in [0.4, 0.5) is 5.69 Å². The molecule has 0 atom stereocenters. The third kappa shape index (κ3) is 3.13. The summed E-state index contributed by atoms with van der Waals surface area (Å²) in [6.07, 6.45) is 0.227. The highest BCUT2D eigenvalue weighted by Gasteiger charge is 2.26. The van der Waals surface area contributed by atoms with Crippen LogP contribution in [0, 0.1) is 0 Å². The largest absolute Gasteiger partial charge is 0.497 e. The van der Waals surface area contributed by atoms with Crippen LogP contribution in [0.2, 0.25) is 0 Å². The molecule has 126 valence electrons. The van der Waals surface area contributed by atoms with Gasteiger partial charge in [0.25, 0.3) is 0 Å². The first-order valence-corrected chi connectivity index (χ1v) is 8.91. The quantitative estimate of drug-likeness (QED) is 0.894. The summed E-state index contributed by atoms with van der Waals surface area (Å²) in [7, 11) is -0.410. The lowest BCUT2D eigenvalue weighted by molar-refractivity contribution is -0.117. The number of ether oxygens (including phenoxy) is 1. The summed E-state index contributed by atoms with van der Waals surface area (Å²) in [6.45, 7) is 0.162. The number of sulfonamides is 1. The molecule has 1 N–H and O–H groups in total. The lowest BCUT2D eigenvalue weighted by Crippen LogP contribution is -2.23. The Morgan fingerprint density at radius 1 is 1.21 bits per heavy atom. The number of carbonyl (C=O) groups excluding carboxylic acids is 1. The number of fused-ring (bicyclic) bond motifs is 1. The number of hydrogen-bond acceptors (Lipinski definition) is 4. The molecule has 1 heterocycles. The number of nitrogens with one attached hydrogen (secondary N) is 1. The second-order valence-electron chi connectivity index (χ2n) is 5.60. The van der Waals surface area contributed by atoms with E-state index in [1.807, 2.05) is 6.07 Å². The summed E-state index contributed by atoms with van der Waals surface area (Å²) in [5.41, 5.74) is 2.28. The number of nitrogens with zero attached hydrogens (tertiary/aromatic N) is 1. The van der Waals surface area contributed by atoms with E-state index in [1.54, 1.807) is 44.5 Å². The first-order chi connectivity index (χ1) is 11.4. The smallest absolute Gasteiger partial charge is 0.240 e.